The standard InChI is InChI=1S/C26H28N6O2S2/c1-17-15-20-23(36-17)29-26(35)31(24(20)33)13-12-30-10-8-18(9-11-30)27-25-28-21-6-2-3-7-22(21)32(25)16-19-5-4-14-34-19/h2-7,14-15,18H,8-13,16H2,1H3,(H,27,28)(H,29,35). The average molecular weight is 521 g/mol. The van der Waals surface area contributed by atoms with Crippen molar-refractivity contribution in [2.75, 3.05) is 25.0 Å². The SMILES string of the molecule is Cc1cc2c(=O)n(CCN3CCC(Nc4nc5ccccc5n4Cc4ccco4)CC3)c(=S)[nH]c2s1. The van der Waals surface area contributed by atoms with E-state index in [9.17, 15) is 4.79 Å². The van der Waals surface area contributed by atoms with Crippen molar-refractivity contribution in [3.05, 3.63) is 74.5 Å². The number of benzene rings is 1. The number of H-pyrrole nitrogens is 1. The number of anilines is 1. The van der Waals surface area contributed by atoms with Gasteiger partial charge in [-0.05, 0) is 62.3 Å². The van der Waals surface area contributed by atoms with E-state index in [1.165, 1.54) is 0 Å². The predicted octanol–water partition coefficient (Wildman–Crippen LogP) is 5.00. The minimum Gasteiger partial charge on any atom is -0.467 e. The first kappa shape index (κ1) is 23.2. The fraction of sp³-hybridized carbons (Fsp3) is 0.346. The second kappa shape index (κ2) is 9.68. The molecular weight excluding hydrogens is 492 g/mol. The molecule has 4 aromatic heterocycles. The van der Waals surface area contributed by atoms with Crippen LogP contribution in [0.4, 0.5) is 5.95 Å². The average Bonchev–Trinajstić information content (AvgIpc) is 3.60. The Labute approximate surface area is 217 Å². The van der Waals surface area contributed by atoms with Gasteiger partial charge in [-0.2, -0.15) is 0 Å². The normalized spacial score (nSPS) is 15.2. The number of aromatic nitrogens is 4. The molecular formula is C26H28N6O2S2. The van der Waals surface area contributed by atoms with Crippen molar-refractivity contribution in [1.82, 2.24) is 24.0 Å². The maximum atomic E-state index is 12.9. The molecule has 36 heavy (non-hydrogen) atoms. The number of imidazole rings is 1. The van der Waals surface area contributed by atoms with E-state index in [1.807, 2.05) is 43.3 Å². The Morgan fingerprint density at radius 3 is 2.81 bits per heavy atom. The number of thiophene rings is 1. The molecule has 0 atom stereocenters. The molecule has 6 rings (SSSR count). The van der Waals surface area contributed by atoms with Gasteiger partial charge in [0.15, 0.2) is 4.77 Å². The minimum absolute atomic E-state index is 0.00473. The highest BCUT2D eigenvalue weighted by Gasteiger charge is 2.22. The molecule has 0 saturated carbocycles. The highest BCUT2D eigenvalue weighted by molar-refractivity contribution is 7.71. The van der Waals surface area contributed by atoms with E-state index in [0.29, 0.717) is 23.9 Å². The van der Waals surface area contributed by atoms with Crippen molar-refractivity contribution in [3.8, 4) is 0 Å². The molecule has 0 radical (unpaired) electrons. The number of furan rings is 1. The summed E-state index contributed by atoms with van der Waals surface area (Å²) in [4.78, 5) is 25.4. The lowest BCUT2D eigenvalue weighted by molar-refractivity contribution is 0.210. The number of likely N-dealkylation sites (tertiary alicyclic amines) is 1. The van der Waals surface area contributed by atoms with Crippen LogP contribution in [0.5, 0.6) is 0 Å². The van der Waals surface area contributed by atoms with Crippen LogP contribution >= 0.6 is 23.6 Å². The number of nitrogens with one attached hydrogen (secondary N) is 2. The van der Waals surface area contributed by atoms with Gasteiger partial charge in [0.05, 0.1) is 29.2 Å². The number of rotatable bonds is 7. The molecule has 1 aromatic carbocycles. The van der Waals surface area contributed by atoms with Crippen molar-refractivity contribution in [2.24, 2.45) is 0 Å². The molecule has 5 aromatic rings. The summed E-state index contributed by atoms with van der Waals surface area (Å²) in [6.45, 7) is 5.96. The van der Waals surface area contributed by atoms with E-state index < -0.39 is 0 Å². The Balaban J connectivity index is 1.11. The fourth-order valence-electron chi connectivity index (χ4n) is 5.00. The third kappa shape index (κ3) is 4.52. The van der Waals surface area contributed by atoms with Gasteiger partial charge < -0.3 is 24.2 Å². The number of aromatic amines is 1. The first-order valence-corrected chi connectivity index (χ1v) is 13.5. The van der Waals surface area contributed by atoms with Crippen LogP contribution in [0.15, 0.2) is 57.9 Å². The van der Waals surface area contributed by atoms with Gasteiger partial charge in [-0.25, -0.2) is 4.98 Å². The summed E-state index contributed by atoms with van der Waals surface area (Å²) in [5.74, 6) is 1.78. The summed E-state index contributed by atoms with van der Waals surface area (Å²) in [7, 11) is 0. The van der Waals surface area contributed by atoms with Crippen molar-refractivity contribution in [3.63, 3.8) is 0 Å². The molecule has 0 unspecified atom stereocenters. The molecule has 186 valence electrons. The van der Waals surface area contributed by atoms with Crippen molar-refractivity contribution in [2.45, 2.75) is 38.9 Å². The van der Waals surface area contributed by atoms with E-state index >= 15 is 0 Å². The quantitative estimate of drug-likeness (QED) is 0.294. The molecule has 0 aliphatic carbocycles. The minimum atomic E-state index is 0.00473. The first-order chi connectivity index (χ1) is 17.5. The molecule has 1 aliphatic rings. The maximum absolute atomic E-state index is 12.9. The molecule has 1 fully saturated rings. The summed E-state index contributed by atoms with van der Waals surface area (Å²) in [5.41, 5.74) is 2.07. The Hall–Kier alpha value is -3.21. The largest absolute Gasteiger partial charge is 0.467 e. The third-order valence-corrected chi connectivity index (χ3v) is 8.19. The Morgan fingerprint density at radius 1 is 1.17 bits per heavy atom. The van der Waals surface area contributed by atoms with E-state index in [2.05, 4.69) is 25.8 Å². The van der Waals surface area contributed by atoms with Gasteiger partial charge in [-0.1, -0.05) is 12.1 Å². The highest BCUT2D eigenvalue weighted by Crippen LogP contribution is 2.24. The molecule has 8 nitrogen and oxygen atoms in total. The number of hydrogen-bond donors (Lipinski definition) is 2. The van der Waals surface area contributed by atoms with Crippen molar-refractivity contribution in [1.29, 1.82) is 0 Å². The van der Waals surface area contributed by atoms with Gasteiger partial charge in [0.2, 0.25) is 5.95 Å². The fourth-order valence-corrected chi connectivity index (χ4v) is 6.24. The van der Waals surface area contributed by atoms with E-state index in [1.54, 1.807) is 22.2 Å². The van der Waals surface area contributed by atoms with Crippen molar-refractivity contribution >= 4 is 50.8 Å². The second-order valence-electron chi connectivity index (χ2n) is 9.34. The topological polar surface area (TPSA) is 84.0 Å². The van der Waals surface area contributed by atoms with Crippen molar-refractivity contribution < 1.29 is 4.42 Å². The van der Waals surface area contributed by atoms with Crippen LogP contribution in [0.1, 0.15) is 23.5 Å². The van der Waals surface area contributed by atoms with E-state index in [4.69, 9.17) is 21.6 Å². The molecule has 0 spiro atoms. The number of hydrogen-bond acceptors (Lipinski definition) is 7. The van der Waals surface area contributed by atoms with Crippen LogP contribution in [0.2, 0.25) is 0 Å². The number of piperidine rings is 1. The van der Waals surface area contributed by atoms with Crippen LogP contribution < -0.4 is 10.9 Å². The molecule has 10 heteroatoms. The van der Waals surface area contributed by atoms with Crippen LogP contribution in [0.3, 0.4) is 0 Å². The summed E-state index contributed by atoms with van der Waals surface area (Å²) in [6, 6.07) is 14.4. The lowest BCUT2D eigenvalue weighted by Gasteiger charge is -2.32. The monoisotopic (exact) mass is 520 g/mol. The molecule has 0 bridgehead atoms. The van der Waals surface area contributed by atoms with E-state index in [0.717, 1.165) is 70.3 Å². The van der Waals surface area contributed by atoms with Gasteiger partial charge in [-0.15, -0.1) is 11.3 Å². The summed E-state index contributed by atoms with van der Waals surface area (Å²) < 4.78 is 10.00. The first-order valence-electron chi connectivity index (χ1n) is 12.2. The van der Waals surface area contributed by atoms with Crippen LogP contribution in [-0.2, 0) is 13.1 Å². The summed E-state index contributed by atoms with van der Waals surface area (Å²) >= 11 is 7.06. The zero-order valence-electron chi connectivity index (χ0n) is 20.1. The second-order valence-corrected chi connectivity index (χ2v) is 11.0. The van der Waals surface area contributed by atoms with Gasteiger partial charge in [-0.3, -0.25) is 9.36 Å². The van der Waals surface area contributed by atoms with Gasteiger partial charge in [0.1, 0.15) is 10.6 Å². The van der Waals surface area contributed by atoms with Crippen LogP contribution in [0.25, 0.3) is 21.3 Å². The Kier molecular flexibility index (Phi) is 6.24. The number of aryl methyl sites for hydroxylation is 1. The third-order valence-electron chi connectivity index (χ3n) is 6.91. The molecule has 1 saturated heterocycles. The number of nitrogens with zero attached hydrogens (tertiary/aromatic N) is 4. The van der Waals surface area contributed by atoms with E-state index in [-0.39, 0.29) is 5.56 Å². The molecule has 5 heterocycles. The molecule has 2 N–H and O–H groups in total. The smallest absolute Gasteiger partial charge is 0.263 e. The zero-order chi connectivity index (χ0) is 24.6. The summed E-state index contributed by atoms with van der Waals surface area (Å²) in [5, 5.41) is 4.42. The Bertz CT molecular complexity index is 1620. The molecule has 0 amide bonds. The number of fused-ring (bicyclic) bond motifs is 2. The van der Waals surface area contributed by atoms with Crippen LogP contribution in [-0.4, -0.2) is 49.7 Å². The Morgan fingerprint density at radius 2 is 2.00 bits per heavy atom. The highest BCUT2D eigenvalue weighted by atomic mass is 32.1. The number of para-hydroxylation sites is 2. The zero-order valence-corrected chi connectivity index (χ0v) is 21.7. The molecule has 1 aliphatic heterocycles. The van der Waals surface area contributed by atoms with Gasteiger partial charge in [0.25, 0.3) is 5.56 Å². The summed E-state index contributed by atoms with van der Waals surface area (Å²) in [6.07, 6.45) is 3.72. The van der Waals surface area contributed by atoms with Crippen LogP contribution in [0, 0.1) is 11.7 Å². The lowest BCUT2D eigenvalue weighted by Crippen LogP contribution is -2.41. The van der Waals surface area contributed by atoms with Gasteiger partial charge >= 0.3 is 0 Å². The predicted molar refractivity (Wildman–Crippen MR) is 147 cm³/mol. The van der Waals surface area contributed by atoms with Gasteiger partial charge in [0, 0.05) is 37.1 Å². The lowest BCUT2D eigenvalue weighted by atomic mass is 10.1. The maximum Gasteiger partial charge on any atom is 0.263 e.